The number of ether oxygens (including phenoxy) is 1. The molecule has 0 aliphatic rings. The van der Waals surface area contributed by atoms with Crippen LogP contribution >= 0.6 is 0 Å². The van der Waals surface area contributed by atoms with Crippen molar-refractivity contribution in [2.45, 2.75) is 31.2 Å². The van der Waals surface area contributed by atoms with Crippen molar-refractivity contribution in [3.05, 3.63) is 36.9 Å². The topological polar surface area (TPSA) is 72.6 Å². The molecule has 0 spiro atoms. The van der Waals surface area contributed by atoms with Crippen LogP contribution in [0.2, 0.25) is 0 Å². The fraction of sp³-hybridized carbons (Fsp3) is 0.467. The maximum atomic E-state index is 12.7. The summed E-state index contributed by atoms with van der Waals surface area (Å²) in [7, 11) is -3.58. The van der Waals surface area contributed by atoms with Gasteiger partial charge in [-0.3, -0.25) is 0 Å². The van der Waals surface area contributed by atoms with E-state index in [-0.39, 0.29) is 11.4 Å². The Kier molecular flexibility index (Phi) is 5.95. The number of nitrogens with two attached hydrogens (primary N) is 1. The average molecular weight is 312 g/mol. The molecule has 5 nitrogen and oxygen atoms in total. The summed E-state index contributed by atoms with van der Waals surface area (Å²) in [4.78, 5) is 0.236. The van der Waals surface area contributed by atoms with Gasteiger partial charge in [0, 0.05) is 18.6 Å². The van der Waals surface area contributed by atoms with Gasteiger partial charge in [0.15, 0.2) is 0 Å². The Morgan fingerprint density at radius 3 is 2.29 bits per heavy atom. The Balaban J connectivity index is 3.08. The minimum absolute atomic E-state index is 0.236. The summed E-state index contributed by atoms with van der Waals surface area (Å²) in [5.41, 5.74) is 4.83. The Morgan fingerprint density at radius 1 is 1.29 bits per heavy atom. The lowest BCUT2D eigenvalue weighted by molar-refractivity contribution is 0.270. The first-order valence-electron chi connectivity index (χ1n) is 6.80. The molecule has 21 heavy (non-hydrogen) atoms. The first-order valence-corrected chi connectivity index (χ1v) is 8.24. The maximum absolute atomic E-state index is 12.7. The minimum atomic E-state index is -3.58. The van der Waals surface area contributed by atoms with Gasteiger partial charge in [-0.1, -0.05) is 6.08 Å². The first-order chi connectivity index (χ1) is 9.73. The van der Waals surface area contributed by atoms with Crippen LogP contribution in [0.5, 0.6) is 5.75 Å². The van der Waals surface area contributed by atoms with Crippen molar-refractivity contribution in [3.63, 3.8) is 0 Å². The normalized spacial score (nSPS) is 12.4. The highest BCUT2D eigenvalue weighted by Crippen LogP contribution is 2.25. The second kappa shape index (κ2) is 7.06. The molecule has 0 saturated carbocycles. The predicted molar refractivity (Wildman–Crippen MR) is 84.8 cm³/mol. The number of hydrogen-bond acceptors (Lipinski definition) is 4. The molecule has 0 radical (unpaired) electrons. The summed E-state index contributed by atoms with van der Waals surface area (Å²) < 4.78 is 32.2. The van der Waals surface area contributed by atoms with E-state index in [1.54, 1.807) is 30.3 Å². The third-order valence-electron chi connectivity index (χ3n) is 2.84. The zero-order valence-corrected chi connectivity index (χ0v) is 13.7. The molecule has 1 aromatic carbocycles. The lowest BCUT2D eigenvalue weighted by atomic mass is 10.1. The zero-order chi connectivity index (χ0) is 16.1. The van der Waals surface area contributed by atoms with Crippen molar-refractivity contribution >= 4 is 10.0 Å². The van der Waals surface area contributed by atoms with Gasteiger partial charge >= 0.3 is 0 Å². The Morgan fingerprint density at radius 2 is 1.86 bits per heavy atom. The molecular formula is C15H24N2O3S. The van der Waals surface area contributed by atoms with Crippen molar-refractivity contribution < 1.29 is 13.2 Å². The fourth-order valence-corrected chi connectivity index (χ4v) is 3.62. The van der Waals surface area contributed by atoms with Crippen LogP contribution in [0.1, 0.15) is 20.8 Å². The van der Waals surface area contributed by atoms with E-state index in [1.807, 2.05) is 20.8 Å². The molecular weight excluding hydrogens is 288 g/mol. The molecule has 0 aromatic heterocycles. The molecule has 0 atom stereocenters. The smallest absolute Gasteiger partial charge is 0.243 e. The van der Waals surface area contributed by atoms with Crippen LogP contribution in [-0.2, 0) is 10.0 Å². The van der Waals surface area contributed by atoms with E-state index >= 15 is 0 Å². The molecule has 6 heteroatoms. The van der Waals surface area contributed by atoms with E-state index in [2.05, 4.69) is 6.58 Å². The summed E-state index contributed by atoms with van der Waals surface area (Å²) in [6.45, 7) is 10.3. The van der Waals surface area contributed by atoms with Crippen LogP contribution in [0.25, 0.3) is 0 Å². The predicted octanol–water partition coefficient (Wildman–Crippen LogP) is 2.00. The third kappa shape index (κ3) is 4.56. The van der Waals surface area contributed by atoms with Crippen LogP contribution < -0.4 is 10.5 Å². The Bertz CT molecular complexity index is 560. The summed E-state index contributed by atoms with van der Waals surface area (Å²) in [5.74, 6) is 0.602. The zero-order valence-electron chi connectivity index (χ0n) is 12.9. The third-order valence-corrected chi connectivity index (χ3v) is 4.99. The molecule has 0 saturated heterocycles. The van der Waals surface area contributed by atoms with Crippen molar-refractivity contribution in [2.24, 2.45) is 5.73 Å². The van der Waals surface area contributed by atoms with Gasteiger partial charge in [-0.2, -0.15) is 4.31 Å². The van der Waals surface area contributed by atoms with Gasteiger partial charge < -0.3 is 10.5 Å². The molecule has 2 N–H and O–H groups in total. The number of sulfonamides is 1. The van der Waals surface area contributed by atoms with Gasteiger partial charge in [0.25, 0.3) is 0 Å². The van der Waals surface area contributed by atoms with Crippen molar-refractivity contribution in [2.75, 3.05) is 19.7 Å². The number of nitrogens with zero attached hydrogens (tertiary/aromatic N) is 1. The highest BCUT2D eigenvalue weighted by molar-refractivity contribution is 7.89. The first kappa shape index (κ1) is 17.7. The lowest BCUT2D eigenvalue weighted by Gasteiger charge is -2.33. The van der Waals surface area contributed by atoms with Gasteiger partial charge in [0.05, 0.1) is 4.90 Å². The van der Waals surface area contributed by atoms with Crippen LogP contribution in [0.15, 0.2) is 41.8 Å². The van der Waals surface area contributed by atoms with Crippen molar-refractivity contribution in [1.82, 2.24) is 4.31 Å². The minimum Gasteiger partial charge on any atom is -0.492 e. The second-order valence-corrected chi connectivity index (χ2v) is 7.47. The van der Waals surface area contributed by atoms with Crippen LogP contribution in [0.4, 0.5) is 0 Å². The van der Waals surface area contributed by atoms with Gasteiger partial charge in [0.2, 0.25) is 10.0 Å². The maximum Gasteiger partial charge on any atom is 0.243 e. The summed E-state index contributed by atoms with van der Waals surface area (Å²) in [6.07, 6.45) is 1.58. The van der Waals surface area contributed by atoms with Crippen molar-refractivity contribution in [3.8, 4) is 5.75 Å². The van der Waals surface area contributed by atoms with E-state index < -0.39 is 15.6 Å². The monoisotopic (exact) mass is 312 g/mol. The van der Waals surface area contributed by atoms with E-state index in [0.717, 1.165) is 0 Å². The van der Waals surface area contributed by atoms with Crippen LogP contribution in [0.3, 0.4) is 0 Å². The Hall–Kier alpha value is -1.37. The quantitative estimate of drug-likeness (QED) is 0.782. The highest BCUT2D eigenvalue weighted by atomic mass is 32.2. The molecule has 0 amide bonds. The molecule has 1 aromatic rings. The molecule has 1 rings (SSSR count). The highest BCUT2D eigenvalue weighted by Gasteiger charge is 2.32. The largest absolute Gasteiger partial charge is 0.492 e. The summed E-state index contributed by atoms with van der Waals surface area (Å²) >= 11 is 0. The Labute approximate surface area is 127 Å². The van der Waals surface area contributed by atoms with E-state index in [0.29, 0.717) is 18.9 Å². The number of benzene rings is 1. The second-order valence-electron chi connectivity index (χ2n) is 5.60. The molecule has 0 aliphatic carbocycles. The van der Waals surface area contributed by atoms with Gasteiger partial charge in [-0.15, -0.1) is 6.58 Å². The number of hydrogen-bond donors (Lipinski definition) is 1. The summed E-state index contributed by atoms with van der Waals surface area (Å²) in [5, 5.41) is 0. The van der Waals surface area contributed by atoms with E-state index in [9.17, 15) is 8.42 Å². The molecule has 0 heterocycles. The summed E-state index contributed by atoms with van der Waals surface area (Å²) in [6, 6.07) is 6.36. The molecule has 118 valence electrons. The molecule has 0 bridgehead atoms. The van der Waals surface area contributed by atoms with E-state index in [4.69, 9.17) is 10.5 Å². The van der Waals surface area contributed by atoms with Crippen LogP contribution in [-0.4, -0.2) is 38.0 Å². The standard InChI is InChI=1S/C15H24N2O3S/c1-5-11-17(15(2,3)4)21(18,19)14-8-6-13(7-9-14)20-12-10-16/h5-9H,1,10-12,16H2,2-4H3. The van der Waals surface area contributed by atoms with Gasteiger partial charge in [-0.05, 0) is 45.0 Å². The SMILES string of the molecule is C=CCN(C(C)(C)C)S(=O)(=O)c1ccc(OCCN)cc1. The van der Waals surface area contributed by atoms with Crippen molar-refractivity contribution in [1.29, 1.82) is 0 Å². The number of rotatable bonds is 7. The molecule has 0 fully saturated rings. The molecule has 0 aliphatic heterocycles. The molecule has 0 unspecified atom stereocenters. The van der Waals surface area contributed by atoms with Crippen LogP contribution in [0, 0.1) is 0 Å². The lowest BCUT2D eigenvalue weighted by Crippen LogP contribution is -2.45. The van der Waals surface area contributed by atoms with Gasteiger partial charge in [0.1, 0.15) is 12.4 Å². The average Bonchev–Trinajstić information content (AvgIpc) is 2.41. The van der Waals surface area contributed by atoms with Gasteiger partial charge in [-0.25, -0.2) is 8.42 Å². The van der Waals surface area contributed by atoms with E-state index in [1.165, 1.54) is 4.31 Å². The fourth-order valence-electron chi connectivity index (χ4n) is 1.86.